The van der Waals surface area contributed by atoms with Gasteiger partial charge in [-0.2, -0.15) is 0 Å². The van der Waals surface area contributed by atoms with Gasteiger partial charge in [0.1, 0.15) is 5.69 Å². The molecule has 0 unspecified atom stereocenters. The van der Waals surface area contributed by atoms with E-state index >= 15 is 0 Å². The minimum atomic E-state index is -1.05. The SMILES string of the molecule is O=C(O)c1nnn(CC2CCC2)c1-c1ccncc1. The lowest BCUT2D eigenvalue weighted by atomic mass is 9.85. The normalized spacial score (nSPS) is 15.2. The van der Waals surface area contributed by atoms with Gasteiger partial charge in [-0.25, -0.2) is 9.48 Å². The van der Waals surface area contributed by atoms with Crippen LogP contribution in [0.25, 0.3) is 11.3 Å². The first-order chi connectivity index (χ1) is 9.25. The van der Waals surface area contributed by atoms with Crippen molar-refractivity contribution in [1.82, 2.24) is 20.0 Å². The topological polar surface area (TPSA) is 80.9 Å². The number of carboxylic acids is 1. The van der Waals surface area contributed by atoms with Gasteiger partial charge in [-0.3, -0.25) is 4.98 Å². The number of hydrogen-bond donors (Lipinski definition) is 1. The number of rotatable bonds is 4. The highest BCUT2D eigenvalue weighted by molar-refractivity contribution is 5.92. The zero-order chi connectivity index (χ0) is 13.2. The van der Waals surface area contributed by atoms with E-state index in [1.54, 1.807) is 29.2 Å². The molecule has 3 rings (SSSR count). The first-order valence-electron chi connectivity index (χ1n) is 6.33. The van der Waals surface area contributed by atoms with E-state index in [2.05, 4.69) is 15.3 Å². The Hall–Kier alpha value is -2.24. The monoisotopic (exact) mass is 258 g/mol. The fourth-order valence-corrected chi connectivity index (χ4v) is 2.30. The average Bonchev–Trinajstić information content (AvgIpc) is 2.78. The number of pyridine rings is 1. The molecule has 1 saturated carbocycles. The first kappa shape index (κ1) is 11.8. The molecule has 1 aliphatic rings. The molecule has 0 bridgehead atoms. The third-order valence-electron chi connectivity index (χ3n) is 3.55. The van der Waals surface area contributed by atoms with Crippen LogP contribution in [0.1, 0.15) is 29.8 Å². The maximum atomic E-state index is 11.2. The lowest BCUT2D eigenvalue weighted by Crippen LogP contribution is -2.19. The van der Waals surface area contributed by atoms with Gasteiger partial charge in [0.05, 0.1) is 0 Å². The van der Waals surface area contributed by atoms with Crippen molar-refractivity contribution in [1.29, 1.82) is 0 Å². The van der Waals surface area contributed by atoms with Crippen molar-refractivity contribution in [3.63, 3.8) is 0 Å². The van der Waals surface area contributed by atoms with Gasteiger partial charge in [0.2, 0.25) is 0 Å². The van der Waals surface area contributed by atoms with Gasteiger partial charge in [-0.15, -0.1) is 5.10 Å². The van der Waals surface area contributed by atoms with Crippen molar-refractivity contribution in [2.75, 3.05) is 0 Å². The first-order valence-corrected chi connectivity index (χ1v) is 6.33. The molecule has 2 aromatic heterocycles. The van der Waals surface area contributed by atoms with Gasteiger partial charge < -0.3 is 5.11 Å². The van der Waals surface area contributed by atoms with Crippen molar-refractivity contribution < 1.29 is 9.90 Å². The van der Waals surface area contributed by atoms with Gasteiger partial charge in [-0.05, 0) is 30.9 Å². The van der Waals surface area contributed by atoms with Crippen LogP contribution in [0.2, 0.25) is 0 Å². The van der Waals surface area contributed by atoms with E-state index in [0.717, 1.165) is 12.1 Å². The summed E-state index contributed by atoms with van der Waals surface area (Å²) in [5.74, 6) is -0.462. The summed E-state index contributed by atoms with van der Waals surface area (Å²) in [5.41, 5.74) is 1.36. The number of carbonyl (C=O) groups is 1. The fraction of sp³-hybridized carbons (Fsp3) is 0.385. The average molecular weight is 258 g/mol. The van der Waals surface area contributed by atoms with E-state index in [4.69, 9.17) is 0 Å². The number of aromatic nitrogens is 4. The van der Waals surface area contributed by atoms with Crippen LogP contribution in [0.4, 0.5) is 0 Å². The Labute approximate surface area is 110 Å². The zero-order valence-corrected chi connectivity index (χ0v) is 10.4. The summed E-state index contributed by atoms with van der Waals surface area (Å²) < 4.78 is 1.71. The summed E-state index contributed by atoms with van der Waals surface area (Å²) in [7, 11) is 0. The van der Waals surface area contributed by atoms with Crippen molar-refractivity contribution in [3.05, 3.63) is 30.2 Å². The van der Waals surface area contributed by atoms with Crippen molar-refractivity contribution in [2.24, 2.45) is 5.92 Å². The van der Waals surface area contributed by atoms with Crippen LogP contribution in [0.5, 0.6) is 0 Å². The molecule has 1 fully saturated rings. The van der Waals surface area contributed by atoms with E-state index in [1.165, 1.54) is 19.3 Å². The van der Waals surface area contributed by atoms with E-state index in [9.17, 15) is 9.90 Å². The fourth-order valence-electron chi connectivity index (χ4n) is 2.30. The quantitative estimate of drug-likeness (QED) is 0.904. The van der Waals surface area contributed by atoms with Gasteiger partial charge in [-0.1, -0.05) is 11.6 Å². The number of carboxylic acid groups (broad SMARTS) is 1. The van der Waals surface area contributed by atoms with E-state index in [1.807, 2.05) is 0 Å². The lowest BCUT2D eigenvalue weighted by molar-refractivity contribution is 0.0691. The van der Waals surface area contributed by atoms with Crippen LogP contribution in [0, 0.1) is 5.92 Å². The Bertz CT molecular complexity index is 590. The van der Waals surface area contributed by atoms with Crippen LogP contribution in [-0.4, -0.2) is 31.1 Å². The third kappa shape index (κ3) is 2.21. The Balaban J connectivity index is 2.02. The molecule has 0 amide bonds. The molecule has 0 aromatic carbocycles. The minimum absolute atomic E-state index is 0.00511. The predicted molar refractivity (Wildman–Crippen MR) is 67.6 cm³/mol. The highest BCUT2D eigenvalue weighted by Crippen LogP contribution is 2.30. The molecule has 0 aliphatic heterocycles. The van der Waals surface area contributed by atoms with Crippen molar-refractivity contribution in [2.45, 2.75) is 25.8 Å². The van der Waals surface area contributed by atoms with E-state index in [-0.39, 0.29) is 5.69 Å². The van der Waals surface area contributed by atoms with Crippen LogP contribution in [-0.2, 0) is 6.54 Å². The van der Waals surface area contributed by atoms with E-state index < -0.39 is 5.97 Å². The number of hydrogen-bond acceptors (Lipinski definition) is 4. The van der Waals surface area contributed by atoms with Crippen LogP contribution in [0.15, 0.2) is 24.5 Å². The summed E-state index contributed by atoms with van der Waals surface area (Å²) in [5, 5.41) is 17.0. The predicted octanol–water partition coefficient (Wildman–Crippen LogP) is 1.84. The summed E-state index contributed by atoms with van der Waals surface area (Å²) in [6, 6.07) is 3.56. The van der Waals surface area contributed by atoms with Gasteiger partial charge in [0.25, 0.3) is 0 Å². The summed E-state index contributed by atoms with van der Waals surface area (Å²) >= 11 is 0. The molecule has 19 heavy (non-hydrogen) atoms. The Morgan fingerprint density at radius 2 is 2.11 bits per heavy atom. The van der Waals surface area contributed by atoms with Gasteiger partial charge in [0.15, 0.2) is 5.69 Å². The Kier molecular flexibility index (Phi) is 2.98. The van der Waals surface area contributed by atoms with Gasteiger partial charge in [0, 0.05) is 24.5 Å². The molecule has 6 nitrogen and oxygen atoms in total. The molecule has 98 valence electrons. The lowest BCUT2D eigenvalue weighted by Gasteiger charge is -2.25. The Morgan fingerprint density at radius 3 is 2.68 bits per heavy atom. The zero-order valence-electron chi connectivity index (χ0n) is 10.4. The Morgan fingerprint density at radius 1 is 1.37 bits per heavy atom. The maximum absolute atomic E-state index is 11.2. The maximum Gasteiger partial charge on any atom is 0.358 e. The minimum Gasteiger partial charge on any atom is -0.476 e. The molecular formula is C13H14N4O2. The molecule has 0 spiro atoms. The standard InChI is InChI=1S/C13H14N4O2/c18-13(19)11-12(10-4-6-14-7-5-10)17(16-15-11)8-9-2-1-3-9/h4-7,9H,1-3,8H2,(H,18,19). The molecule has 2 aromatic rings. The number of nitrogens with zero attached hydrogens (tertiary/aromatic N) is 4. The molecule has 6 heteroatoms. The largest absolute Gasteiger partial charge is 0.476 e. The second kappa shape index (κ2) is 4.79. The van der Waals surface area contributed by atoms with Crippen LogP contribution < -0.4 is 0 Å². The van der Waals surface area contributed by atoms with E-state index in [0.29, 0.717) is 11.6 Å². The smallest absolute Gasteiger partial charge is 0.358 e. The summed E-state index contributed by atoms with van der Waals surface area (Å²) in [6.45, 7) is 0.734. The highest BCUT2D eigenvalue weighted by Gasteiger charge is 2.24. The highest BCUT2D eigenvalue weighted by atomic mass is 16.4. The second-order valence-corrected chi connectivity index (χ2v) is 4.81. The molecule has 0 saturated heterocycles. The molecule has 0 atom stereocenters. The van der Waals surface area contributed by atoms with Crippen molar-refractivity contribution in [3.8, 4) is 11.3 Å². The third-order valence-corrected chi connectivity index (χ3v) is 3.55. The summed E-state index contributed by atoms with van der Waals surface area (Å²) in [4.78, 5) is 15.2. The molecule has 0 radical (unpaired) electrons. The molecular weight excluding hydrogens is 244 g/mol. The van der Waals surface area contributed by atoms with Crippen molar-refractivity contribution >= 4 is 5.97 Å². The molecule has 1 N–H and O–H groups in total. The summed E-state index contributed by atoms with van der Waals surface area (Å²) in [6.07, 6.45) is 6.88. The van der Waals surface area contributed by atoms with Gasteiger partial charge >= 0.3 is 5.97 Å². The van der Waals surface area contributed by atoms with Crippen LogP contribution in [0.3, 0.4) is 0 Å². The second-order valence-electron chi connectivity index (χ2n) is 4.81. The van der Waals surface area contributed by atoms with Crippen LogP contribution >= 0.6 is 0 Å². The molecule has 2 heterocycles. The number of aromatic carboxylic acids is 1. The molecule has 1 aliphatic carbocycles.